The summed E-state index contributed by atoms with van der Waals surface area (Å²) in [6.07, 6.45) is 1.89. The number of H-pyrrole nitrogens is 1. The van der Waals surface area contributed by atoms with E-state index in [1.165, 1.54) is 18.2 Å². The molecular formula is C25H28BrN3O5S. The first-order valence-corrected chi connectivity index (χ1v) is 13.7. The van der Waals surface area contributed by atoms with Gasteiger partial charge in [-0.2, -0.15) is 0 Å². The average molecular weight is 562 g/mol. The lowest BCUT2D eigenvalue weighted by Gasteiger charge is -2.21. The van der Waals surface area contributed by atoms with Crippen molar-refractivity contribution in [2.75, 3.05) is 27.2 Å². The number of aromatic nitrogens is 2. The summed E-state index contributed by atoms with van der Waals surface area (Å²) in [5.74, 6) is -0.439. The fourth-order valence-corrected chi connectivity index (χ4v) is 6.59. The summed E-state index contributed by atoms with van der Waals surface area (Å²) in [6, 6.07) is 9.41. The van der Waals surface area contributed by atoms with Gasteiger partial charge in [0.2, 0.25) is 9.84 Å². The molecule has 1 aliphatic carbocycles. The summed E-state index contributed by atoms with van der Waals surface area (Å²) in [5, 5.41) is 0. The van der Waals surface area contributed by atoms with Gasteiger partial charge in [0.1, 0.15) is 10.6 Å². The number of hydrogen-bond donors (Lipinski definition) is 1. The van der Waals surface area contributed by atoms with Gasteiger partial charge in [-0.15, -0.1) is 0 Å². The van der Waals surface area contributed by atoms with E-state index in [1.54, 1.807) is 25.1 Å². The summed E-state index contributed by atoms with van der Waals surface area (Å²) in [6.45, 7) is 3.34. The van der Waals surface area contributed by atoms with Crippen molar-refractivity contribution in [1.82, 2.24) is 14.5 Å². The van der Waals surface area contributed by atoms with Crippen LogP contribution in [0.2, 0.25) is 0 Å². The molecule has 0 radical (unpaired) electrons. The van der Waals surface area contributed by atoms with Crippen molar-refractivity contribution in [3.05, 3.63) is 68.0 Å². The van der Waals surface area contributed by atoms with Crippen molar-refractivity contribution in [2.24, 2.45) is 0 Å². The number of esters is 1. The third kappa shape index (κ3) is 4.74. The predicted octanol–water partition coefficient (Wildman–Crippen LogP) is 3.67. The van der Waals surface area contributed by atoms with Gasteiger partial charge in [-0.1, -0.05) is 18.2 Å². The molecule has 1 aromatic carbocycles. The van der Waals surface area contributed by atoms with Gasteiger partial charge in [0.15, 0.2) is 0 Å². The first kappa shape index (κ1) is 25.4. The van der Waals surface area contributed by atoms with E-state index in [1.807, 2.05) is 18.7 Å². The molecule has 3 aromatic rings. The number of nitrogens with zero attached hydrogens (tertiary/aromatic N) is 2. The third-order valence-electron chi connectivity index (χ3n) is 6.07. The summed E-state index contributed by atoms with van der Waals surface area (Å²) in [7, 11) is -0.0156. The molecule has 1 N–H and O–H groups in total. The quantitative estimate of drug-likeness (QED) is 0.421. The second-order valence-electron chi connectivity index (χ2n) is 8.70. The number of carbonyl (C=O) groups excluding carboxylic acids is 1. The minimum atomic E-state index is -3.98. The lowest BCUT2D eigenvalue weighted by Crippen LogP contribution is -2.23. The largest absolute Gasteiger partial charge is 0.461 e. The lowest BCUT2D eigenvalue weighted by molar-refractivity contribution is 0.0512. The van der Waals surface area contributed by atoms with Gasteiger partial charge in [-0.05, 0) is 92.1 Å². The lowest BCUT2D eigenvalue weighted by atomic mass is 9.94. The fourth-order valence-electron chi connectivity index (χ4n) is 4.47. The highest BCUT2D eigenvalue weighted by atomic mass is 79.9. The zero-order chi connectivity index (χ0) is 25.3. The molecule has 186 valence electrons. The number of aryl methyl sites for hydroxylation is 1. The number of hydrogen-bond acceptors (Lipinski definition) is 6. The van der Waals surface area contributed by atoms with Gasteiger partial charge in [0.25, 0.3) is 5.56 Å². The number of halogens is 1. The van der Waals surface area contributed by atoms with E-state index in [2.05, 4.69) is 25.8 Å². The minimum Gasteiger partial charge on any atom is -0.461 e. The van der Waals surface area contributed by atoms with E-state index in [0.717, 1.165) is 29.8 Å². The van der Waals surface area contributed by atoms with E-state index < -0.39 is 21.4 Å². The SMILES string of the molecule is CCOC(=O)c1c(Br)c2c(n1CCCN(C)C)-c1[nH]c(=O)c(S(=O)(=O)c3ccccc3)cc1CC2. The maximum atomic E-state index is 13.2. The van der Waals surface area contributed by atoms with E-state index in [4.69, 9.17) is 4.74 Å². The average Bonchev–Trinajstić information content (AvgIpc) is 3.11. The predicted molar refractivity (Wildman–Crippen MR) is 137 cm³/mol. The first-order valence-electron chi connectivity index (χ1n) is 11.5. The fraction of sp³-hybridized carbons (Fsp3) is 0.360. The van der Waals surface area contributed by atoms with Crippen molar-refractivity contribution in [3.8, 4) is 11.4 Å². The number of aromatic amines is 1. The molecule has 35 heavy (non-hydrogen) atoms. The molecule has 2 heterocycles. The van der Waals surface area contributed by atoms with Gasteiger partial charge in [-0.25, -0.2) is 13.2 Å². The Hall–Kier alpha value is -2.69. The third-order valence-corrected chi connectivity index (χ3v) is 8.70. The molecule has 0 spiro atoms. The standard InChI is InChI=1S/C25H28BrN3O5S/c1-4-34-25(31)23-20(26)18-12-11-16-15-19(35(32,33)17-9-6-5-7-10-17)24(30)27-21(16)22(18)29(23)14-8-13-28(2)3/h5-7,9-10,15H,4,8,11-14H2,1-3H3,(H,27,30). The summed E-state index contributed by atoms with van der Waals surface area (Å²) >= 11 is 3.61. The van der Waals surface area contributed by atoms with Gasteiger partial charge < -0.3 is 19.2 Å². The van der Waals surface area contributed by atoms with Crippen LogP contribution in [0.3, 0.4) is 0 Å². The van der Waals surface area contributed by atoms with Crippen LogP contribution in [0.1, 0.15) is 35.0 Å². The van der Waals surface area contributed by atoms with Crippen molar-refractivity contribution in [3.63, 3.8) is 0 Å². The number of rotatable bonds is 8. The molecule has 0 amide bonds. The molecule has 1 aliphatic rings. The number of fused-ring (bicyclic) bond motifs is 3. The molecule has 0 bridgehead atoms. The van der Waals surface area contributed by atoms with Gasteiger partial charge >= 0.3 is 5.97 Å². The molecule has 2 aromatic heterocycles. The highest BCUT2D eigenvalue weighted by Gasteiger charge is 2.33. The minimum absolute atomic E-state index is 0.0707. The Bertz CT molecular complexity index is 1430. The Morgan fingerprint density at radius 1 is 1.20 bits per heavy atom. The van der Waals surface area contributed by atoms with Crippen LogP contribution in [0.15, 0.2) is 55.5 Å². The van der Waals surface area contributed by atoms with Crippen molar-refractivity contribution >= 4 is 31.7 Å². The highest BCUT2D eigenvalue weighted by molar-refractivity contribution is 9.10. The number of carbonyl (C=O) groups is 1. The normalized spacial score (nSPS) is 12.9. The number of ether oxygens (including phenoxy) is 1. The van der Waals surface area contributed by atoms with Gasteiger partial charge in [0, 0.05) is 6.54 Å². The molecule has 0 fully saturated rings. The van der Waals surface area contributed by atoms with E-state index >= 15 is 0 Å². The van der Waals surface area contributed by atoms with E-state index in [9.17, 15) is 18.0 Å². The maximum Gasteiger partial charge on any atom is 0.356 e. The van der Waals surface area contributed by atoms with Crippen LogP contribution in [0.5, 0.6) is 0 Å². The van der Waals surface area contributed by atoms with Crippen LogP contribution in [-0.4, -0.2) is 56.1 Å². The molecule has 0 atom stereocenters. The molecular weight excluding hydrogens is 534 g/mol. The van der Waals surface area contributed by atoms with Crippen LogP contribution < -0.4 is 5.56 Å². The topological polar surface area (TPSA) is 101 Å². The second kappa shape index (κ2) is 10.1. The molecule has 4 rings (SSSR count). The molecule has 8 nitrogen and oxygen atoms in total. The van der Waals surface area contributed by atoms with E-state index in [0.29, 0.717) is 35.2 Å². The maximum absolute atomic E-state index is 13.2. The molecule has 0 saturated heterocycles. The Balaban J connectivity index is 1.88. The molecule has 0 saturated carbocycles. The zero-order valence-corrected chi connectivity index (χ0v) is 22.3. The van der Waals surface area contributed by atoms with Crippen LogP contribution in [0.4, 0.5) is 0 Å². The molecule has 0 unspecified atom stereocenters. The molecule has 10 heteroatoms. The number of sulfone groups is 1. The number of nitrogens with one attached hydrogen (secondary N) is 1. The Morgan fingerprint density at radius 2 is 1.91 bits per heavy atom. The van der Waals surface area contributed by atoms with Crippen molar-refractivity contribution in [2.45, 2.75) is 42.5 Å². The first-order chi connectivity index (χ1) is 16.7. The van der Waals surface area contributed by atoms with E-state index in [-0.39, 0.29) is 16.4 Å². The van der Waals surface area contributed by atoms with Crippen molar-refractivity contribution < 1.29 is 17.9 Å². The van der Waals surface area contributed by atoms with Crippen LogP contribution in [0.25, 0.3) is 11.4 Å². The van der Waals surface area contributed by atoms with Crippen LogP contribution in [0, 0.1) is 0 Å². The summed E-state index contributed by atoms with van der Waals surface area (Å²) in [5.41, 5.74) is 2.62. The van der Waals surface area contributed by atoms with Gasteiger partial charge in [0.05, 0.1) is 27.4 Å². The monoisotopic (exact) mass is 561 g/mol. The number of pyridine rings is 1. The summed E-state index contributed by atoms with van der Waals surface area (Å²) < 4.78 is 34.2. The zero-order valence-electron chi connectivity index (χ0n) is 19.9. The smallest absolute Gasteiger partial charge is 0.356 e. The van der Waals surface area contributed by atoms with Crippen LogP contribution in [-0.2, 0) is 34.0 Å². The number of benzene rings is 1. The summed E-state index contributed by atoms with van der Waals surface area (Å²) in [4.78, 5) is 30.7. The highest BCUT2D eigenvalue weighted by Crippen LogP contribution is 2.41. The molecule has 0 aliphatic heterocycles. The van der Waals surface area contributed by atoms with Gasteiger partial charge in [-0.3, -0.25) is 4.79 Å². The Labute approximate surface area is 213 Å². The Morgan fingerprint density at radius 3 is 2.57 bits per heavy atom. The Kier molecular flexibility index (Phi) is 7.35. The van der Waals surface area contributed by atoms with Crippen LogP contribution >= 0.6 is 15.9 Å². The van der Waals surface area contributed by atoms with Crippen molar-refractivity contribution in [1.29, 1.82) is 0 Å². The second-order valence-corrected chi connectivity index (χ2v) is 11.4.